The number of aliphatic hydroxyl groups excluding tert-OH is 1. The van der Waals surface area contributed by atoms with E-state index >= 15 is 0 Å². The quantitative estimate of drug-likeness (QED) is 0.709. The fraction of sp³-hybridized carbons (Fsp3) is 0.909. The van der Waals surface area contributed by atoms with Gasteiger partial charge in [0.05, 0.1) is 6.61 Å². The molecule has 0 aromatic rings. The van der Waals surface area contributed by atoms with Gasteiger partial charge in [-0.2, -0.15) is 0 Å². The third-order valence-electron chi connectivity index (χ3n) is 3.03. The second-order valence-electron chi connectivity index (χ2n) is 4.30. The van der Waals surface area contributed by atoms with Crippen LogP contribution in [0.2, 0.25) is 0 Å². The summed E-state index contributed by atoms with van der Waals surface area (Å²) in [6, 6.07) is 0. The highest BCUT2D eigenvalue weighted by atomic mass is 16.5. The predicted molar refractivity (Wildman–Crippen MR) is 57.5 cm³/mol. The first kappa shape index (κ1) is 12.5. The normalized spacial score (nSPS) is 19.9. The molecule has 4 nitrogen and oxygen atoms in total. The van der Waals surface area contributed by atoms with Crippen LogP contribution in [0.25, 0.3) is 0 Å². The predicted octanol–water partition coefficient (Wildman–Crippen LogP) is 0.692. The molecule has 1 aliphatic rings. The SMILES string of the molecule is CCCC(=O)NCC1(CO)CCOCC1. The molecule has 1 amide bonds. The van der Waals surface area contributed by atoms with Crippen LogP contribution in [0, 0.1) is 5.41 Å². The second kappa shape index (κ2) is 6.08. The van der Waals surface area contributed by atoms with E-state index in [0.717, 1.165) is 19.3 Å². The molecular formula is C11H21NO3. The van der Waals surface area contributed by atoms with Gasteiger partial charge in [0.2, 0.25) is 5.91 Å². The summed E-state index contributed by atoms with van der Waals surface area (Å²) in [4.78, 5) is 11.3. The van der Waals surface area contributed by atoms with Gasteiger partial charge >= 0.3 is 0 Å². The summed E-state index contributed by atoms with van der Waals surface area (Å²) < 4.78 is 5.26. The molecule has 0 aliphatic carbocycles. The van der Waals surface area contributed by atoms with E-state index < -0.39 is 0 Å². The maximum absolute atomic E-state index is 11.3. The van der Waals surface area contributed by atoms with E-state index in [1.54, 1.807) is 0 Å². The molecule has 0 aromatic heterocycles. The number of aliphatic hydroxyl groups is 1. The van der Waals surface area contributed by atoms with Crippen molar-refractivity contribution in [2.24, 2.45) is 5.41 Å². The van der Waals surface area contributed by atoms with Crippen LogP contribution in [0.5, 0.6) is 0 Å². The van der Waals surface area contributed by atoms with Crippen LogP contribution in [0.15, 0.2) is 0 Å². The Morgan fingerprint density at radius 2 is 2.13 bits per heavy atom. The molecule has 1 fully saturated rings. The van der Waals surface area contributed by atoms with Gasteiger partial charge in [0, 0.05) is 31.6 Å². The fourth-order valence-corrected chi connectivity index (χ4v) is 1.80. The third kappa shape index (κ3) is 3.80. The van der Waals surface area contributed by atoms with E-state index in [2.05, 4.69) is 5.32 Å². The lowest BCUT2D eigenvalue weighted by molar-refractivity contribution is -0.122. The number of rotatable bonds is 5. The van der Waals surface area contributed by atoms with Crippen LogP contribution >= 0.6 is 0 Å². The number of amides is 1. The van der Waals surface area contributed by atoms with Crippen LogP contribution in [0.4, 0.5) is 0 Å². The molecule has 0 unspecified atom stereocenters. The lowest BCUT2D eigenvalue weighted by Gasteiger charge is -2.35. The van der Waals surface area contributed by atoms with Gasteiger partial charge in [-0.05, 0) is 19.3 Å². The van der Waals surface area contributed by atoms with Crippen LogP contribution in [-0.2, 0) is 9.53 Å². The topological polar surface area (TPSA) is 58.6 Å². The molecule has 1 aliphatic heterocycles. The molecule has 0 aromatic carbocycles. The molecule has 0 atom stereocenters. The van der Waals surface area contributed by atoms with E-state index in [1.807, 2.05) is 6.92 Å². The second-order valence-corrected chi connectivity index (χ2v) is 4.30. The van der Waals surface area contributed by atoms with Crippen molar-refractivity contribution in [2.75, 3.05) is 26.4 Å². The molecule has 15 heavy (non-hydrogen) atoms. The number of carbonyl (C=O) groups is 1. The van der Waals surface area contributed by atoms with E-state index in [9.17, 15) is 9.90 Å². The van der Waals surface area contributed by atoms with Gasteiger partial charge in [-0.3, -0.25) is 4.79 Å². The lowest BCUT2D eigenvalue weighted by atomic mass is 9.81. The lowest BCUT2D eigenvalue weighted by Crippen LogP contribution is -2.43. The molecular weight excluding hydrogens is 194 g/mol. The highest BCUT2D eigenvalue weighted by Gasteiger charge is 2.32. The fourth-order valence-electron chi connectivity index (χ4n) is 1.80. The van der Waals surface area contributed by atoms with Crippen molar-refractivity contribution in [1.29, 1.82) is 0 Å². The summed E-state index contributed by atoms with van der Waals surface area (Å²) in [5, 5.41) is 12.3. The van der Waals surface area contributed by atoms with Crippen LogP contribution in [-0.4, -0.2) is 37.4 Å². The van der Waals surface area contributed by atoms with Gasteiger partial charge in [-0.25, -0.2) is 0 Å². The molecule has 0 saturated carbocycles. The summed E-state index contributed by atoms with van der Waals surface area (Å²) in [6.07, 6.45) is 3.09. The number of hydrogen-bond donors (Lipinski definition) is 2. The Hall–Kier alpha value is -0.610. The number of carbonyl (C=O) groups excluding carboxylic acids is 1. The molecule has 1 heterocycles. The van der Waals surface area contributed by atoms with Crippen molar-refractivity contribution in [3.05, 3.63) is 0 Å². The maximum Gasteiger partial charge on any atom is 0.220 e. The van der Waals surface area contributed by atoms with Gasteiger partial charge in [0.25, 0.3) is 0 Å². The number of ether oxygens (including phenoxy) is 1. The van der Waals surface area contributed by atoms with Crippen molar-refractivity contribution < 1.29 is 14.6 Å². The van der Waals surface area contributed by atoms with E-state index in [-0.39, 0.29) is 17.9 Å². The molecule has 2 N–H and O–H groups in total. The van der Waals surface area contributed by atoms with Crippen LogP contribution < -0.4 is 5.32 Å². The summed E-state index contributed by atoms with van der Waals surface area (Å²) in [5.41, 5.74) is -0.151. The Morgan fingerprint density at radius 1 is 1.47 bits per heavy atom. The van der Waals surface area contributed by atoms with E-state index in [4.69, 9.17) is 4.74 Å². The Balaban J connectivity index is 2.35. The molecule has 4 heteroatoms. The van der Waals surface area contributed by atoms with Crippen molar-refractivity contribution in [1.82, 2.24) is 5.32 Å². The zero-order valence-electron chi connectivity index (χ0n) is 9.42. The Morgan fingerprint density at radius 3 is 2.67 bits per heavy atom. The maximum atomic E-state index is 11.3. The molecule has 0 bridgehead atoms. The summed E-state index contributed by atoms with van der Waals surface area (Å²) >= 11 is 0. The van der Waals surface area contributed by atoms with Crippen LogP contribution in [0.3, 0.4) is 0 Å². The Kier molecular flexibility index (Phi) is 5.05. The smallest absolute Gasteiger partial charge is 0.220 e. The van der Waals surface area contributed by atoms with E-state index in [0.29, 0.717) is 26.2 Å². The zero-order valence-corrected chi connectivity index (χ0v) is 9.42. The summed E-state index contributed by atoms with van der Waals surface area (Å²) in [7, 11) is 0. The highest BCUT2D eigenvalue weighted by Crippen LogP contribution is 2.28. The largest absolute Gasteiger partial charge is 0.396 e. The van der Waals surface area contributed by atoms with Gasteiger partial charge in [-0.1, -0.05) is 6.92 Å². The minimum Gasteiger partial charge on any atom is -0.396 e. The Labute approximate surface area is 91.0 Å². The van der Waals surface area contributed by atoms with Crippen molar-refractivity contribution in [3.63, 3.8) is 0 Å². The standard InChI is InChI=1S/C11H21NO3/c1-2-3-10(14)12-8-11(9-13)4-6-15-7-5-11/h13H,2-9H2,1H3,(H,12,14). The van der Waals surface area contributed by atoms with Crippen molar-refractivity contribution >= 4 is 5.91 Å². The average molecular weight is 215 g/mol. The van der Waals surface area contributed by atoms with Gasteiger partial charge in [0.1, 0.15) is 0 Å². The first-order chi connectivity index (χ1) is 7.22. The van der Waals surface area contributed by atoms with Crippen molar-refractivity contribution in [3.8, 4) is 0 Å². The molecule has 1 saturated heterocycles. The molecule has 0 radical (unpaired) electrons. The molecule has 1 rings (SSSR count). The van der Waals surface area contributed by atoms with Gasteiger partial charge in [-0.15, -0.1) is 0 Å². The summed E-state index contributed by atoms with van der Waals surface area (Å²) in [5.74, 6) is 0.0804. The van der Waals surface area contributed by atoms with Gasteiger partial charge in [0.15, 0.2) is 0 Å². The number of nitrogens with one attached hydrogen (secondary N) is 1. The zero-order chi connectivity index (χ0) is 11.1. The summed E-state index contributed by atoms with van der Waals surface area (Å²) in [6.45, 7) is 4.05. The van der Waals surface area contributed by atoms with Crippen LogP contribution in [0.1, 0.15) is 32.6 Å². The molecule has 88 valence electrons. The third-order valence-corrected chi connectivity index (χ3v) is 3.03. The molecule has 0 spiro atoms. The van der Waals surface area contributed by atoms with Gasteiger partial charge < -0.3 is 15.2 Å². The average Bonchev–Trinajstić information content (AvgIpc) is 2.28. The van der Waals surface area contributed by atoms with Crippen molar-refractivity contribution in [2.45, 2.75) is 32.6 Å². The minimum absolute atomic E-state index is 0.0804. The Bertz CT molecular complexity index is 200. The highest BCUT2D eigenvalue weighted by molar-refractivity contribution is 5.75. The monoisotopic (exact) mass is 215 g/mol. The minimum atomic E-state index is -0.151. The first-order valence-electron chi connectivity index (χ1n) is 5.68. The first-order valence-corrected chi connectivity index (χ1v) is 5.68. The van der Waals surface area contributed by atoms with E-state index in [1.165, 1.54) is 0 Å². The number of hydrogen-bond acceptors (Lipinski definition) is 3.